The monoisotopic (exact) mass is 210 g/mol. The average molecular weight is 210 g/mol. The summed E-state index contributed by atoms with van der Waals surface area (Å²) in [6.45, 7) is 0. The minimum absolute atomic E-state index is 0.0939. The average Bonchev–Trinajstić information content (AvgIpc) is 2.64. The molecule has 1 aliphatic rings. The lowest BCUT2D eigenvalue weighted by Gasteiger charge is -1.96. The van der Waals surface area contributed by atoms with Crippen molar-refractivity contribution in [1.29, 1.82) is 0 Å². The van der Waals surface area contributed by atoms with Gasteiger partial charge in [-0.1, -0.05) is 24.3 Å². The lowest BCUT2D eigenvalue weighted by molar-refractivity contribution is 0.104. The number of carbonyl (C=O) groups is 2. The topological polar surface area (TPSA) is 59.9 Å². The van der Waals surface area contributed by atoms with Crippen LogP contribution in [0.3, 0.4) is 0 Å². The maximum atomic E-state index is 12.0. The maximum absolute atomic E-state index is 12.0. The van der Waals surface area contributed by atoms with E-state index in [9.17, 15) is 9.59 Å². The number of aromatic nitrogens is 2. The van der Waals surface area contributed by atoms with E-state index in [1.807, 2.05) is 12.1 Å². The fourth-order valence-electron chi connectivity index (χ4n) is 1.87. The van der Waals surface area contributed by atoms with E-state index in [1.165, 1.54) is 6.07 Å². The summed E-state index contributed by atoms with van der Waals surface area (Å²) < 4.78 is 0. The van der Waals surface area contributed by atoms with E-state index < -0.39 is 0 Å². The third kappa shape index (κ3) is 1.04. The van der Waals surface area contributed by atoms with E-state index in [1.54, 1.807) is 12.1 Å². The molecule has 0 spiro atoms. The quantitative estimate of drug-likeness (QED) is 0.571. The maximum Gasteiger partial charge on any atom is 0.196 e. The van der Waals surface area contributed by atoms with Gasteiger partial charge in [-0.2, -0.15) is 0 Å². The normalized spacial score (nSPS) is 12.1. The highest BCUT2D eigenvalue weighted by Crippen LogP contribution is 2.34. The lowest BCUT2D eigenvalue weighted by Crippen LogP contribution is -1.99. The molecule has 3 rings (SSSR count). The molecule has 1 heterocycles. The summed E-state index contributed by atoms with van der Waals surface area (Å²) in [7, 11) is 0. The molecule has 1 aromatic heterocycles. The van der Waals surface area contributed by atoms with Crippen LogP contribution in [0, 0.1) is 0 Å². The summed E-state index contributed by atoms with van der Waals surface area (Å²) in [5, 5.41) is 7.65. The molecule has 2 aromatic rings. The molecule has 4 nitrogen and oxygen atoms in total. The molecule has 0 fully saturated rings. The molecule has 76 valence electrons. The third-order valence-corrected chi connectivity index (χ3v) is 2.60. The second-order valence-corrected chi connectivity index (χ2v) is 3.52. The van der Waals surface area contributed by atoms with E-state index in [-0.39, 0.29) is 11.5 Å². The predicted octanol–water partition coefficient (Wildman–Crippen LogP) is 1.50. The molecule has 0 saturated carbocycles. The fourth-order valence-corrected chi connectivity index (χ4v) is 1.87. The van der Waals surface area contributed by atoms with Crippen molar-refractivity contribution in [1.82, 2.24) is 10.2 Å². The van der Waals surface area contributed by atoms with Crippen LogP contribution in [0.5, 0.6) is 0 Å². The van der Waals surface area contributed by atoms with Crippen molar-refractivity contribution >= 4 is 12.1 Å². The van der Waals surface area contributed by atoms with Crippen LogP contribution in [0.25, 0.3) is 11.3 Å². The van der Waals surface area contributed by atoms with E-state index >= 15 is 0 Å². The Morgan fingerprint density at radius 1 is 1.00 bits per heavy atom. The Morgan fingerprint density at radius 2 is 1.75 bits per heavy atom. The van der Waals surface area contributed by atoms with Gasteiger partial charge in [-0.25, -0.2) is 0 Å². The number of ketones is 1. The number of carbonyl (C=O) groups excluding carboxylic acids is 2. The second-order valence-electron chi connectivity index (χ2n) is 3.52. The van der Waals surface area contributed by atoms with Crippen molar-refractivity contribution < 1.29 is 9.59 Å². The van der Waals surface area contributed by atoms with Crippen molar-refractivity contribution in [2.75, 3.05) is 0 Å². The molecule has 0 bridgehead atoms. The molecule has 0 aliphatic heterocycles. The third-order valence-electron chi connectivity index (χ3n) is 2.60. The first kappa shape index (κ1) is 8.91. The molecule has 0 amide bonds. The predicted molar refractivity (Wildman–Crippen MR) is 56.3 cm³/mol. The van der Waals surface area contributed by atoms with Gasteiger partial charge in [-0.05, 0) is 6.07 Å². The molecule has 1 aliphatic carbocycles. The van der Waals surface area contributed by atoms with Gasteiger partial charge in [0.15, 0.2) is 12.1 Å². The Balaban J connectivity index is 2.32. The number of hydrogen-bond donors (Lipinski definition) is 0. The van der Waals surface area contributed by atoms with Crippen LogP contribution < -0.4 is 0 Å². The summed E-state index contributed by atoms with van der Waals surface area (Å²) >= 11 is 0. The van der Waals surface area contributed by atoms with Crippen LogP contribution in [-0.2, 0) is 0 Å². The van der Waals surface area contributed by atoms with Crippen molar-refractivity contribution in [3.8, 4) is 11.3 Å². The summed E-state index contributed by atoms with van der Waals surface area (Å²) in [6.07, 6.45) is 0.587. The number of benzene rings is 1. The molecular weight excluding hydrogens is 204 g/mol. The second kappa shape index (κ2) is 3.06. The Bertz CT molecular complexity index is 620. The molecule has 4 heteroatoms. The fraction of sp³-hybridized carbons (Fsp3) is 0. The highest BCUT2D eigenvalue weighted by molar-refractivity contribution is 6.21. The standard InChI is InChI=1S/C12H6N2O2/c15-6-7-5-10-11(14-13-7)8-3-1-2-4-9(8)12(10)16/h1-6H. The van der Waals surface area contributed by atoms with Crippen molar-refractivity contribution in [2.24, 2.45) is 0 Å². The van der Waals surface area contributed by atoms with E-state index in [2.05, 4.69) is 10.2 Å². The SMILES string of the molecule is O=Cc1cc2c(nn1)-c1ccccc1C2=O. The van der Waals surface area contributed by atoms with Crippen LogP contribution in [0.1, 0.15) is 26.4 Å². The summed E-state index contributed by atoms with van der Waals surface area (Å²) in [4.78, 5) is 22.5. The zero-order chi connectivity index (χ0) is 11.1. The molecule has 0 atom stereocenters. The van der Waals surface area contributed by atoms with Crippen molar-refractivity contribution in [2.45, 2.75) is 0 Å². The van der Waals surface area contributed by atoms with Crippen LogP contribution in [0.15, 0.2) is 30.3 Å². The number of aldehydes is 1. The smallest absolute Gasteiger partial charge is 0.196 e. The van der Waals surface area contributed by atoms with Crippen molar-refractivity contribution in [3.63, 3.8) is 0 Å². The van der Waals surface area contributed by atoms with Crippen LogP contribution in [-0.4, -0.2) is 22.3 Å². The van der Waals surface area contributed by atoms with E-state index in [0.717, 1.165) is 5.56 Å². The Morgan fingerprint density at radius 3 is 2.50 bits per heavy atom. The first-order valence-corrected chi connectivity index (χ1v) is 4.78. The van der Waals surface area contributed by atoms with E-state index in [0.29, 0.717) is 23.1 Å². The molecule has 0 saturated heterocycles. The minimum Gasteiger partial charge on any atom is -0.296 e. The molecule has 0 radical (unpaired) electrons. The van der Waals surface area contributed by atoms with Gasteiger partial charge in [0.25, 0.3) is 0 Å². The van der Waals surface area contributed by atoms with Gasteiger partial charge in [0.2, 0.25) is 0 Å². The number of rotatable bonds is 1. The first-order valence-electron chi connectivity index (χ1n) is 4.78. The van der Waals surface area contributed by atoms with Gasteiger partial charge in [0.05, 0.1) is 5.56 Å². The zero-order valence-electron chi connectivity index (χ0n) is 8.18. The zero-order valence-corrected chi connectivity index (χ0v) is 8.18. The Kier molecular flexibility index (Phi) is 1.71. The Hall–Kier alpha value is -2.36. The number of hydrogen-bond acceptors (Lipinski definition) is 4. The largest absolute Gasteiger partial charge is 0.296 e. The number of fused-ring (bicyclic) bond motifs is 3. The van der Waals surface area contributed by atoms with Gasteiger partial charge in [0.1, 0.15) is 11.4 Å². The minimum atomic E-state index is -0.0939. The highest BCUT2D eigenvalue weighted by Gasteiger charge is 2.28. The first-order chi connectivity index (χ1) is 7.81. The summed E-state index contributed by atoms with van der Waals surface area (Å²) in [5.41, 5.74) is 2.60. The summed E-state index contributed by atoms with van der Waals surface area (Å²) in [6, 6.07) is 8.71. The van der Waals surface area contributed by atoms with E-state index in [4.69, 9.17) is 0 Å². The van der Waals surface area contributed by atoms with Crippen LogP contribution in [0.4, 0.5) is 0 Å². The Labute approximate surface area is 90.9 Å². The van der Waals surface area contributed by atoms with Gasteiger partial charge in [-0.15, -0.1) is 10.2 Å². The van der Waals surface area contributed by atoms with Gasteiger partial charge < -0.3 is 0 Å². The molecular formula is C12H6N2O2. The van der Waals surface area contributed by atoms with Crippen LogP contribution in [0.2, 0.25) is 0 Å². The van der Waals surface area contributed by atoms with Gasteiger partial charge >= 0.3 is 0 Å². The molecule has 1 aromatic carbocycles. The van der Waals surface area contributed by atoms with Gasteiger partial charge in [-0.3, -0.25) is 9.59 Å². The number of nitrogens with zero attached hydrogens (tertiary/aromatic N) is 2. The highest BCUT2D eigenvalue weighted by atomic mass is 16.1. The lowest BCUT2D eigenvalue weighted by atomic mass is 10.1. The molecule has 16 heavy (non-hydrogen) atoms. The van der Waals surface area contributed by atoms with Crippen LogP contribution >= 0.6 is 0 Å². The molecule has 0 N–H and O–H groups in total. The summed E-state index contributed by atoms with van der Waals surface area (Å²) in [5.74, 6) is -0.0939. The molecule has 0 unspecified atom stereocenters. The van der Waals surface area contributed by atoms with Crippen molar-refractivity contribution in [3.05, 3.63) is 47.2 Å². The van der Waals surface area contributed by atoms with Gasteiger partial charge in [0, 0.05) is 11.1 Å².